The zero-order chi connectivity index (χ0) is 15.1. The van der Waals surface area contributed by atoms with Gasteiger partial charge in [-0.2, -0.15) is 0 Å². The fraction of sp³-hybridized carbons (Fsp3) is 0.250. The Morgan fingerprint density at radius 2 is 2.00 bits per heavy atom. The Balaban J connectivity index is 1.88. The van der Waals surface area contributed by atoms with E-state index in [2.05, 4.69) is 17.2 Å². The molecule has 3 N–H and O–H groups in total. The summed E-state index contributed by atoms with van der Waals surface area (Å²) in [6.45, 7) is 3.45. The standard InChI is InChI=1S/C16H19N3O2/c1-2-9-18-15-8-3-12(10-19-15)11-21-14-6-4-13(5-7-14)16(17)20/h3-8,10H,2,9,11H2,1H3,(H2,17,20)(H,18,19). The van der Waals surface area contributed by atoms with Crippen molar-refractivity contribution in [3.05, 3.63) is 53.7 Å². The number of pyridine rings is 1. The highest BCUT2D eigenvalue weighted by atomic mass is 16.5. The maximum atomic E-state index is 11.0. The Kier molecular flexibility index (Phi) is 5.15. The van der Waals surface area contributed by atoms with E-state index in [9.17, 15) is 4.79 Å². The number of nitrogens with two attached hydrogens (primary N) is 1. The van der Waals surface area contributed by atoms with Crippen molar-refractivity contribution in [1.29, 1.82) is 0 Å². The summed E-state index contributed by atoms with van der Waals surface area (Å²) in [4.78, 5) is 15.3. The molecule has 0 aliphatic carbocycles. The van der Waals surface area contributed by atoms with E-state index in [0.717, 1.165) is 24.3 Å². The summed E-state index contributed by atoms with van der Waals surface area (Å²) in [5.41, 5.74) is 6.63. The zero-order valence-corrected chi connectivity index (χ0v) is 12.0. The highest BCUT2D eigenvalue weighted by molar-refractivity contribution is 5.92. The first-order valence-electron chi connectivity index (χ1n) is 6.90. The van der Waals surface area contributed by atoms with Gasteiger partial charge in [0.05, 0.1) is 0 Å². The smallest absolute Gasteiger partial charge is 0.248 e. The maximum absolute atomic E-state index is 11.0. The molecule has 2 rings (SSSR count). The lowest BCUT2D eigenvalue weighted by molar-refractivity contribution is 0.100. The summed E-state index contributed by atoms with van der Waals surface area (Å²) < 4.78 is 5.64. The van der Waals surface area contributed by atoms with Gasteiger partial charge in [0, 0.05) is 23.9 Å². The Bertz CT molecular complexity index is 579. The molecule has 0 radical (unpaired) electrons. The van der Waals surface area contributed by atoms with Crippen molar-refractivity contribution >= 4 is 11.7 Å². The molecule has 0 saturated carbocycles. The molecule has 0 spiro atoms. The molecule has 1 aromatic heterocycles. The van der Waals surface area contributed by atoms with Crippen molar-refractivity contribution in [1.82, 2.24) is 4.98 Å². The molecule has 1 aromatic carbocycles. The van der Waals surface area contributed by atoms with Crippen LogP contribution in [-0.2, 0) is 6.61 Å². The van der Waals surface area contributed by atoms with E-state index in [4.69, 9.17) is 10.5 Å². The monoisotopic (exact) mass is 285 g/mol. The number of anilines is 1. The van der Waals surface area contributed by atoms with Gasteiger partial charge >= 0.3 is 0 Å². The van der Waals surface area contributed by atoms with Gasteiger partial charge in [-0.15, -0.1) is 0 Å². The first kappa shape index (κ1) is 14.8. The minimum Gasteiger partial charge on any atom is -0.489 e. The zero-order valence-electron chi connectivity index (χ0n) is 12.0. The average molecular weight is 285 g/mol. The first-order chi connectivity index (χ1) is 10.2. The van der Waals surface area contributed by atoms with E-state index in [-0.39, 0.29) is 0 Å². The van der Waals surface area contributed by atoms with Gasteiger partial charge in [0.15, 0.2) is 0 Å². The van der Waals surface area contributed by atoms with E-state index in [1.807, 2.05) is 12.1 Å². The topological polar surface area (TPSA) is 77.2 Å². The number of aromatic nitrogens is 1. The van der Waals surface area contributed by atoms with Crippen LogP contribution in [-0.4, -0.2) is 17.4 Å². The largest absolute Gasteiger partial charge is 0.489 e. The second-order valence-corrected chi connectivity index (χ2v) is 4.66. The third kappa shape index (κ3) is 4.49. The maximum Gasteiger partial charge on any atom is 0.248 e. The molecule has 0 saturated heterocycles. The number of amides is 1. The molecule has 0 aliphatic rings. The second kappa shape index (κ2) is 7.28. The summed E-state index contributed by atoms with van der Waals surface area (Å²) in [5, 5.41) is 3.22. The van der Waals surface area contributed by atoms with E-state index >= 15 is 0 Å². The van der Waals surface area contributed by atoms with Crippen molar-refractivity contribution in [3.8, 4) is 5.75 Å². The quantitative estimate of drug-likeness (QED) is 0.819. The van der Waals surface area contributed by atoms with Crippen LogP contribution in [0.5, 0.6) is 5.75 Å². The minimum absolute atomic E-state index is 0.428. The molecule has 1 amide bonds. The molecule has 0 aliphatic heterocycles. The van der Waals surface area contributed by atoms with Gasteiger partial charge in [-0.3, -0.25) is 4.79 Å². The third-order valence-electron chi connectivity index (χ3n) is 2.93. The van der Waals surface area contributed by atoms with E-state index in [0.29, 0.717) is 17.9 Å². The summed E-state index contributed by atoms with van der Waals surface area (Å²) in [7, 11) is 0. The van der Waals surface area contributed by atoms with Crippen LogP contribution in [0.15, 0.2) is 42.6 Å². The average Bonchev–Trinajstić information content (AvgIpc) is 2.52. The molecule has 0 bridgehead atoms. The van der Waals surface area contributed by atoms with Crippen LogP contribution < -0.4 is 15.8 Å². The molecule has 0 atom stereocenters. The number of rotatable bonds is 7. The summed E-state index contributed by atoms with van der Waals surface area (Å²) in [5.74, 6) is 1.11. The molecular weight excluding hydrogens is 266 g/mol. The Morgan fingerprint density at radius 3 is 2.57 bits per heavy atom. The molecule has 5 heteroatoms. The van der Waals surface area contributed by atoms with Gasteiger partial charge in [0.1, 0.15) is 18.2 Å². The van der Waals surface area contributed by atoms with Crippen LogP contribution in [0, 0.1) is 0 Å². The molecule has 0 unspecified atom stereocenters. The third-order valence-corrected chi connectivity index (χ3v) is 2.93. The number of primary amides is 1. The predicted octanol–water partition coefficient (Wildman–Crippen LogP) is 2.58. The number of carbonyl (C=O) groups is 1. The fourth-order valence-electron chi connectivity index (χ4n) is 1.75. The number of carbonyl (C=O) groups excluding carboxylic acids is 1. The van der Waals surface area contributed by atoms with Gasteiger partial charge in [0.25, 0.3) is 0 Å². The van der Waals surface area contributed by atoms with Gasteiger partial charge in [-0.1, -0.05) is 13.0 Å². The number of nitrogens with zero attached hydrogens (tertiary/aromatic N) is 1. The number of nitrogens with one attached hydrogen (secondary N) is 1. The summed E-state index contributed by atoms with van der Waals surface area (Å²) >= 11 is 0. The van der Waals surface area contributed by atoms with E-state index in [1.54, 1.807) is 30.5 Å². The van der Waals surface area contributed by atoms with Gasteiger partial charge in [-0.25, -0.2) is 4.98 Å². The summed E-state index contributed by atoms with van der Waals surface area (Å²) in [6.07, 6.45) is 2.85. The summed E-state index contributed by atoms with van der Waals surface area (Å²) in [6, 6.07) is 10.7. The van der Waals surface area contributed by atoms with Crippen LogP contribution in [0.3, 0.4) is 0 Å². The Hall–Kier alpha value is -2.56. The normalized spacial score (nSPS) is 10.1. The van der Waals surface area contributed by atoms with Crippen molar-refractivity contribution in [2.75, 3.05) is 11.9 Å². The molecule has 2 aromatic rings. The number of hydrogen-bond donors (Lipinski definition) is 2. The van der Waals surface area contributed by atoms with Crippen LogP contribution in [0.1, 0.15) is 29.3 Å². The van der Waals surface area contributed by atoms with Gasteiger partial charge < -0.3 is 15.8 Å². The molecule has 21 heavy (non-hydrogen) atoms. The highest BCUT2D eigenvalue weighted by Crippen LogP contribution is 2.14. The number of hydrogen-bond acceptors (Lipinski definition) is 4. The van der Waals surface area contributed by atoms with Crippen molar-refractivity contribution in [3.63, 3.8) is 0 Å². The molecule has 110 valence electrons. The van der Waals surface area contributed by atoms with Crippen LogP contribution in [0.25, 0.3) is 0 Å². The molecule has 5 nitrogen and oxygen atoms in total. The van der Waals surface area contributed by atoms with Crippen LogP contribution >= 0.6 is 0 Å². The van der Waals surface area contributed by atoms with Crippen LogP contribution in [0.4, 0.5) is 5.82 Å². The Morgan fingerprint density at radius 1 is 1.24 bits per heavy atom. The van der Waals surface area contributed by atoms with Crippen molar-refractivity contribution in [2.45, 2.75) is 20.0 Å². The SMILES string of the molecule is CCCNc1ccc(COc2ccc(C(N)=O)cc2)cn1. The van der Waals surface area contributed by atoms with Crippen molar-refractivity contribution in [2.24, 2.45) is 5.73 Å². The minimum atomic E-state index is -0.444. The van der Waals surface area contributed by atoms with E-state index < -0.39 is 5.91 Å². The molecular formula is C16H19N3O2. The lowest BCUT2D eigenvalue weighted by atomic mass is 10.2. The molecule has 0 fully saturated rings. The van der Waals surface area contributed by atoms with Gasteiger partial charge in [-0.05, 0) is 36.8 Å². The second-order valence-electron chi connectivity index (χ2n) is 4.66. The lowest BCUT2D eigenvalue weighted by Crippen LogP contribution is -2.10. The first-order valence-corrected chi connectivity index (χ1v) is 6.90. The number of benzene rings is 1. The molecule has 1 heterocycles. The highest BCUT2D eigenvalue weighted by Gasteiger charge is 2.01. The number of ether oxygens (including phenoxy) is 1. The van der Waals surface area contributed by atoms with Crippen molar-refractivity contribution < 1.29 is 9.53 Å². The lowest BCUT2D eigenvalue weighted by Gasteiger charge is -2.08. The van der Waals surface area contributed by atoms with Gasteiger partial charge in [0.2, 0.25) is 5.91 Å². The van der Waals surface area contributed by atoms with E-state index in [1.165, 1.54) is 0 Å². The Labute approximate surface area is 124 Å². The predicted molar refractivity (Wildman–Crippen MR) is 82.3 cm³/mol. The van der Waals surface area contributed by atoms with Crippen LogP contribution in [0.2, 0.25) is 0 Å². The fourth-order valence-corrected chi connectivity index (χ4v) is 1.75.